The maximum atomic E-state index is 13.9. The fourth-order valence-corrected chi connectivity index (χ4v) is 7.13. The lowest BCUT2D eigenvalue weighted by atomic mass is 9.97. The van der Waals surface area contributed by atoms with Gasteiger partial charge in [0.1, 0.15) is 18.1 Å². The second-order valence-electron chi connectivity index (χ2n) is 12.4. The van der Waals surface area contributed by atoms with Crippen molar-refractivity contribution in [1.29, 1.82) is 0 Å². The van der Waals surface area contributed by atoms with E-state index in [1.54, 1.807) is 11.3 Å². The third-order valence-electron chi connectivity index (χ3n) is 8.58. The number of benzene rings is 3. The smallest absolute Gasteiger partial charge is 0.414 e. The molecule has 15 heteroatoms. The number of carbonyl (C=O) groups excluding carboxylic acids is 1. The van der Waals surface area contributed by atoms with E-state index in [0.29, 0.717) is 24.7 Å². The molecule has 6 N–H and O–H groups in total. The molecule has 0 amide bonds. The SMILES string of the molecule is CN1CCC(CCOc2ccc(C(=O)c3c(-c4ccc(OCCN5CCCC5)cc4)sc4ccccc34)cc2)C1.O.O=C(O)C(=O)O.O=C(O)C(=O)O. The molecule has 2 saturated heterocycles. The molecule has 0 radical (unpaired) electrons. The number of rotatable bonds is 11. The van der Waals surface area contributed by atoms with E-state index in [1.165, 1.54) is 38.9 Å². The molecule has 2 aliphatic rings. The number of thiophene rings is 1. The van der Waals surface area contributed by atoms with Crippen molar-refractivity contribution in [3.8, 4) is 21.9 Å². The second-order valence-corrected chi connectivity index (χ2v) is 13.4. The van der Waals surface area contributed by atoms with Gasteiger partial charge >= 0.3 is 23.9 Å². The monoisotopic (exact) mass is 752 g/mol. The summed E-state index contributed by atoms with van der Waals surface area (Å²) in [4.78, 5) is 56.1. The van der Waals surface area contributed by atoms with E-state index in [1.807, 2.05) is 48.5 Å². The predicted molar refractivity (Wildman–Crippen MR) is 198 cm³/mol. The first-order valence-corrected chi connectivity index (χ1v) is 17.6. The summed E-state index contributed by atoms with van der Waals surface area (Å²) in [7, 11) is 2.18. The van der Waals surface area contributed by atoms with Gasteiger partial charge in [-0.2, -0.15) is 0 Å². The predicted octanol–water partition coefficient (Wildman–Crippen LogP) is 4.48. The van der Waals surface area contributed by atoms with Crippen molar-refractivity contribution in [3.63, 3.8) is 0 Å². The number of ketones is 1. The highest BCUT2D eigenvalue weighted by Crippen LogP contribution is 2.40. The van der Waals surface area contributed by atoms with Crippen LogP contribution in [-0.2, 0) is 19.2 Å². The molecule has 0 spiro atoms. The molecule has 0 bridgehead atoms. The van der Waals surface area contributed by atoms with Crippen molar-refractivity contribution < 1.29 is 59.3 Å². The van der Waals surface area contributed by atoms with Gasteiger partial charge < -0.3 is 40.3 Å². The zero-order chi connectivity index (χ0) is 37.6. The third-order valence-corrected chi connectivity index (χ3v) is 9.80. The van der Waals surface area contributed by atoms with Crippen LogP contribution in [0.5, 0.6) is 11.5 Å². The van der Waals surface area contributed by atoms with Crippen molar-refractivity contribution in [2.45, 2.75) is 25.7 Å². The topological polar surface area (TPSA) is 223 Å². The lowest BCUT2D eigenvalue weighted by Gasteiger charge is -2.15. The molecule has 2 fully saturated rings. The summed E-state index contributed by atoms with van der Waals surface area (Å²) in [6.45, 7) is 7.07. The Morgan fingerprint density at radius 3 is 1.83 bits per heavy atom. The second kappa shape index (κ2) is 20.6. The number of likely N-dealkylation sites (tertiary alicyclic amines) is 2. The summed E-state index contributed by atoms with van der Waals surface area (Å²) < 4.78 is 13.2. The van der Waals surface area contributed by atoms with Gasteiger partial charge in [-0.25, -0.2) is 19.2 Å². The molecular weight excluding hydrogens is 708 g/mol. The van der Waals surface area contributed by atoms with E-state index in [4.69, 9.17) is 49.1 Å². The Morgan fingerprint density at radius 1 is 0.736 bits per heavy atom. The average Bonchev–Trinajstić information content (AvgIpc) is 3.89. The van der Waals surface area contributed by atoms with Gasteiger partial charge in [-0.1, -0.05) is 18.2 Å². The fourth-order valence-electron chi connectivity index (χ4n) is 5.93. The maximum absolute atomic E-state index is 13.9. The van der Waals surface area contributed by atoms with Crippen molar-refractivity contribution in [3.05, 3.63) is 83.9 Å². The normalized spacial score (nSPS) is 15.2. The zero-order valence-corrected chi connectivity index (χ0v) is 30.0. The standard InChI is InChI=1S/C34H38N2O3S.2C2H2O4.H2O/c1-35-20-16-25(24-35)17-22-38-28-12-8-26(9-13-28)33(37)32-30-6-2-3-7-31(30)40-34(32)27-10-14-29(15-11-27)39-23-21-36-18-4-5-19-36;2*3-1(4)2(5)6;/h2-3,6-15,25H,4-5,16-24H2,1H3;2*(H,3,4)(H,5,6);1H2. The molecule has 1 unspecified atom stereocenters. The van der Waals surface area contributed by atoms with Gasteiger partial charge in [0.15, 0.2) is 5.78 Å². The van der Waals surface area contributed by atoms with Crippen molar-refractivity contribution in [2.75, 3.05) is 53.0 Å². The van der Waals surface area contributed by atoms with E-state index in [9.17, 15) is 4.79 Å². The van der Waals surface area contributed by atoms with Crippen LogP contribution in [0.1, 0.15) is 41.6 Å². The Balaban J connectivity index is 0.000000505. The molecule has 0 aliphatic carbocycles. The lowest BCUT2D eigenvalue weighted by molar-refractivity contribution is -0.159. The van der Waals surface area contributed by atoms with Gasteiger partial charge in [-0.05, 0) is 118 Å². The van der Waals surface area contributed by atoms with E-state index in [2.05, 4.69) is 41.1 Å². The van der Waals surface area contributed by atoms with Gasteiger partial charge in [-0.15, -0.1) is 11.3 Å². The van der Waals surface area contributed by atoms with Gasteiger partial charge in [0.25, 0.3) is 0 Å². The summed E-state index contributed by atoms with van der Waals surface area (Å²) in [5, 5.41) is 30.6. The summed E-state index contributed by atoms with van der Waals surface area (Å²) in [6, 6.07) is 24.0. The van der Waals surface area contributed by atoms with Crippen LogP contribution in [-0.4, -0.2) is 118 Å². The average molecular weight is 753 g/mol. The number of hydrogen-bond donors (Lipinski definition) is 4. The molecular formula is C38H44N2O12S. The highest BCUT2D eigenvalue weighted by atomic mass is 32.1. The van der Waals surface area contributed by atoms with Gasteiger partial charge in [-0.3, -0.25) is 9.69 Å². The minimum absolute atomic E-state index is 0. The molecule has 3 aromatic carbocycles. The van der Waals surface area contributed by atoms with E-state index >= 15 is 0 Å². The zero-order valence-electron chi connectivity index (χ0n) is 29.2. The van der Waals surface area contributed by atoms with Crippen molar-refractivity contribution in [2.24, 2.45) is 5.92 Å². The molecule has 4 aromatic rings. The Bertz CT molecular complexity index is 1790. The van der Waals surface area contributed by atoms with Gasteiger partial charge in [0, 0.05) is 39.2 Å². The Kier molecular flexibility index (Phi) is 16.4. The lowest BCUT2D eigenvalue weighted by Crippen LogP contribution is -2.25. The van der Waals surface area contributed by atoms with Crippen molar-refractivity contribution in [1.82, 2.24) is 9.80 Å². The molecule has 1 aromatic heterocycles. The van der Waals surface area contributed by atoms with E-state index in [-0.39, 0.29) is 11.3 Å². The molecule has 3 heterocycles. The number of aliphatic carboxylic acids is 4. The highest BCUT2D eigenvalue weighted by Gasteiger charge is 2.22. The first-order valence-electron chi connectivity index (χ1n) is 16.8. The Morgan fingerprint density at radius 2 is 1.28 bits per heavy atom. The van der Waals surface area contributed by atoms with Gasteiger partial charge in [0.2, 0.25) is 0 Å². The number of carbonyl (C=O) groups is 5. The minimum atomic E-state index is -1.82. The quantitative estimate of drug-likeness (QED) is 0.123. The Hall–Kier alpha value is -5.35. The molecule has 1 atom stereocenters. The number of carboxylic acids is 4. The molecule has 284 valence electrons. The van der Waals surface area contributed by atoms with Crippen LogP contribution in [0.25, 0.3) is 20.5 Å². The van der Waals surface area contributed by atoms with Crippen molar-refractivity contribution >= 4 is 51.1 Å². The fraction of sp³-hybridized carbons (Fsp3) is 0.342. The Labute approximate surface area is 310 Å². The molecule has 53 heavy (non-hydrogen) atoms. The van der Waals surface area contributed by atoms with E-state index < -0.39 is 23.9 Å². The number of fused-ring (bicyclic) bond motifs is 1. The molecule has 0 saturated carbocycles. The third kappa shape index (κ3) is 12.7. The van der Waals surface area contributed by atoms with Crippen LogP contribution < -0.4 is 9.47 Å². The summed E-state index contributed by atoms with van der Waals surface area (Å²) >= 11 is 1.67. The largest absolute Gasteiger partial charge is 0.494 e. The van der Waals surface area contributed by atoms with Crippen LogP contribution in [0, 0.1) is 5.92 Å². The molecule has 2 aliphatic heterocycles. The molecule has 14 nitrogen and oxygen atoms in total. The summed E-state index contributed by atoms with van der Waals surface area (Å²) in [5.41, 5.74) is 2.48. The summed E-state index contributed by atoms with van der Waals surface area (Å²) in [6.07, 6.45) is 4.90. The number of hydrogen-bond acceptors (Lipinski definition) is 10. The van der Waals surface area contributed by atoms with Gasteiger partial charge in [0.05, 0.1) is 6.61 Å². The maximum Gasteiger partial charge on any atom is 0.414 e. The van der Waals surface area contributed by atoms with Crippen LogP contribution >= 0.6 is 11.3 Å². The first-order chi connectivity index (χ1) is 24.9. The number of ether oxygens (including phenoxy) is 2. The molecule has 6 rings (SSSR count). The van der Waals surface area contributed by atoms with E-state index in [0.717, 1.165) is 57.1 Å². The van der Waals surface area contributed by atoms with Crippen LogP contribution in [0.2, 0.25) is 0 Å². The van der Waals surface area contributed by atoms with Crippen LogP contribution in [0.3, 0.4) is 0 Å². The highest BCUT2D eigenvalue weighted by molar-refractivity contribution is 7.22. The van der Waals surface area contributed by atoms with Crippen LogP contribution in [0.4, 0.5) is 0 Å². The first kappa shape index (κ1) is 42.1. The number of nitrogens with zero attached hydrogens (tertiary/aromatic N) is 2. The summed E-state index contributed by atoms with van der Waals surface area (Å²) in [5.74, 6) is -4.85. The minimum Gasteiger partial charge on any atom is -0.494 e. The van der Waals surface area contributed by atoms with Crippen LogP contribution in [0.15, 0.2) is 72.8 Å². The number of carboxylic acid groups (broad SMARTS) is 4.